The van der Waals surface area contributed by atoms with Crippen molar-refractivity contribution >= 4 is 15.9 Å². The van der Waals surface area contributed by atoms with Crippen LogP contribution in [0.25, 0.3) is 0 Å². The number of benzene rings is 1. The highest BCUT2D eigenvalue weighted by Crippen LogP contribution is 2.26. The quantitative estimate of drug-likeness (QED) is 0.745. The van der Waals surface area contributed by atoms with E-state index in [0.29, 0.717) is 30.8 Å². The molecule has 5 nitrogen and oxygen atoms in total. The van der Waals surface area contributed by atoms with Gasteiger partial charge in [-0.15, -0.1) is 0 Å². The first kappa shape index (κ1) is 19.9. The minimum atomic E-state index is -3.47. The molecular formula is C19H30N2O3S. The summed E-state index contributed by atoms with van der Waals surface area (Å²) in [5, 5.41) is 0. The fourth-order valence-corrected chi connectivity index (χ4v) is 5.15. The van der Waals surface area contributed by atoms with E-state index in [1.54, 1.807) is 12.1 Å². The topological polar surface area (TPSA) is 57.7 Å². The summed E-state index contributed by atoms with van der Waals surface area (Å²) >= 11 is 0. The van der Waals surface area contributed by atoms with Crippen LogP contribution in [0.4, 0.5) is 0 Å². The van der Waals surface area contributed by atoms with E-state index in [1.807, 2.05) is 24.0 Å². The third kappa shape index (κ3) is 4.61. The smallest absolute Gasteiger partial charge is 0.243 e. The van der Waals surface area contributed by atoms with Crippen molar-refractivity contribution in [3.8, 4) is 0 Å². The summed E-state index contributed by atoms with van der Waals surface area (Å²) in [6.07, 6.45) is 3.11. The van der Waals surface area contributed by atoms with Gasteiger partial charge < -0.3 is 4.90 Å². The van der Waals surface area contributed by atoms with Crippen molar-refractivity contribution < 1.29 is 13.2 Å². The van der Waals surface area contributed by atoms with E-state index >= 15 is 0 Å². The van der Waals surface area contributed by atoms with Crippen molar-refractivity contribution in [2.45, 2.75) is 51.3 Å². The van der Waals surface area contributed by atoms with E-state index in [-0.39, 0.29) is 11.8 Å². The van der Waals surface area contributed by atoms with Crippen LogP contribution in [-0.4, -0.2) is 49.7 Å². The number of piperidine rings is 1. The highest BCUT2D eigenvalue weighted by molar-refractivity contribution is 7.89. The maximum atomic E-state index is 12.9. The molecule has 2 rings (SSSR count). The van der Waals surface area contributed by atoms with Crippen molar-refractivity contribution in [2.24, 2.45) is 5.92 Å². The zero-order chi connectivity index (χ0) is 18.4. The molecule has 1 aliphatic heterocycles. The zero-order valence-corrected chi connectivity index (χ0v) is 16.4. The molecule has 0 spiro atoms. The fraction of sp³-hybridized carbons (Fsp3) is 0.632. The molecule has 1 aromatic rings. The maximum absolute atomic E-state index is 12.9. The monoisotopic (exact) mass is 366 g/mol. The van der Waals surface area contributed by atoms with Crippen molar-refractivity contribution in [2.75, 3.05) is 26.2 Å². The van der Waals surface area contributed by atoms with Gasteiger partial charge in [-0.1, -0.05) is 32.0 Å². The summed E-state index contributed by atoms with van der Waals surface area (Å²) in [5.41, 5.74) is 0.762. The van der Waals surface area contributed by atoms with Crippen molar-refractivity contribution in [1.82, 2.24) is 9.21 Å². The number of amides is 1. The van der Waals surface area contributed by atoms with E-state index < -0.39 is 10.0 Å². The molecule has 25 heavy (non-hydrogen) atoms. The van der Waals surface area contributed by atoms with Gasteiger partial charge in [0.25, 0.3) is 0 Å². The average Bonchev–Trinajstić information content (AvgIpc) is 2.61. The molecule has 1 heterocycles. The molecule has 1 aromatic carbocycles. The number of sulfonamides is 1. The predicted molar refractivity (Wildman–Crippen MR) is 99.8 cm³/mol. The number of carbonyl (C=O) groups excluding carboxylic acids is 1. The fourth-order valence-electron chi connectivity index (χ4n) is 3.46. The van der Waals surface area contributed by atoms with Gasteiger partial charge in [0.15, 0.2) is 0 Å². The van der Waals surface area contributed by atoms with Crippen LogP contribution in [0, 0.1) is 12.8 Å². The molecule has 140 valence electrons. The maximum Gasteiger partial charge on any atom is 0.243 e. The van der Waals surface area contributed by atoms with Crippen molar-refractivity contribution in [3.05, 3.63) is 29.8 Å². The number of hydrogen-bond acceptors (Lipinski definition) is 3. The lowest BCUT2D eigenvalue weighted by atomic mass is 9.96. The van der Waals surface area contributed by atoms with Gasteiger partial charge in [0.2, 0.25) is 15.9 Å². The summed E-state index contributed by atoms with van der Waals surface area (Å²) in [7, 11) is -3.47. The normalized spacial score (nSPS) is 16.8. The Bertz CT molecular complexity index is 674. The summed E-state index contributed by atoms with van der Waals surface area (Å²) < 4.78 is 27.2. The largest absolute Gasteiger partial charge is 0.342 e. The number of carbonyl (C=O) groups is 1. The second kappa shape index (κ2) is 8.81. The Kier molecular flexibility index (Phi) is 7.02. The number of hydrogen-bond donors (Lipinski definition) is 0. The second-order valence-corrected chi connectivity index (χ2v) is 8.68. The van der Waals surface area contributed by atoms with Crippen LogP contribution in [0.5, 0.6) is 0 Å². The Morgan fingerprint density at radius 1 is 1.12 bits per heavy atom. The van der Waals surface area contributed by atoms with Crippen LogP contribution >= 0.6 is 0 Å². The average molecular weight is 367 g/mol. The molecule has 0 N–H and O–H groups in total. The van der Waals surface area contributed by atoms with E-state index in [4.69, 9.17) is 0 Å². The molecule has 0 unspecified atom stereocenters. The minimum absolute atomic E-state index is 0.0542. The molecule has 1 fully saturated rings. The lowest BCUT2D eigenvalue weighted by molar-refractivity contribution is -0.136. The minimum Gasteiger partial charge on any atom is -0.342 e. The highest BCUT2D eigenvalue weighted by atomic mass is 32.2. The van der Waals surface area contributed by atoms with Crippen LogP contribution in [-0.2, 0) is 14.8 Å². The van der Waals surface area contributed by atoms with Crippen LogP contribution in [0.15, 0.2) is 29.2 Å². The summed E-state index contributed by atoms with van der Waals surface area (Å²) in [6, 6.07) is 7.07. The molecular weight excluding hydrogens is 336 g/mol. The van der Waals surface area contributed by atoms with Crippen molar-refractivity contribution in [3.63, 3.8) is 0 Å². The Balaban J connectivity index is 2.04. The number of nitrogens with zero attached hydrogens (tertiary/aromatic N) is 2. The molecule has 1 aliphatic rings. The van der Waals surface area contributed by atoms with Gasteiger partial charge in [0.1, 0.15) is 0 Å². The Hall–Kier alpha value is -1.40. The van der Waals surface area contributed by atoms with Crippen LogP contribution in [0.3, 0.4) is 0 Å². The van der Waals surface area contributed by atoms with E-state index in [0.717, 1.165) is 31.5 Å². The number of aryl methyl sites for hydroxylation is 1. The lowest BCUT2D eigenvalue weighted by Crippen LogP contribution is -2.44. The van der Waals surface area contributed by atoms with E-state index in [1.165, 1.54) is 4.31 Å². The molecule has 0 aliphatic carbocycles. The SMILES string of the molecule is CCCN(CCC)C(=O)C1CCN(S(=O)(=O)c2ccccc2C)CC1. The third-order valence-electron chi connectivity index (χ3n) is 4.81. The van der Waals surface area contributed by atoms with Gasteiger partial charge in [0, 0.05) is 32.1 Å². The summed E-state index contributed by atoms with van der Waals surface area (Å²) in [4.78, 5) is 15.0. The first-order valence-electron chi connectivity index (χ1n) is 9.26. The third-order valence-corrected chi connectivity index (χ3v) is 6.87. The molecule has 0 atom stereocenters. The Morgan fingerprint density at radius 2 is 1.68 bits per heavy atom. The Labute approximate surface area is 152 Å². The molecule has 0 aromatic heterocycles. The van der Waals surface area contributed by atoms with Gasteiger partial charge in [-0.3, -0.25) is 4.79 Å². The Morgan fingerprint density at radius 3 is 2.20 bits per heavy atom. The molecule has 6 heteroatoms. The first-order valence-corrected chi connectivity index (χ1v) is 10.7. The van der Waals surface area contributed by atoms with E-state index in [9.17, 15) is 13.2 Å². The zero-order valence-electron chi connectivity index (χ0n) is 15.6. The van der Waals surface area contributed by atoms with Gasteiger partial charge in [-0.05, 0) is 44.2 Å². The molecule has 1 amide bonds. The van der Waals surface area contributed by atoms with E-state index in [2.05, 4.69) is 13.8 Å². The molecule has 0 bridgehead atoms. The first-order chi connectivity index (χ1) is 11.9. The highest BCUT2D eigenvalue weighted by Gasteiger charge is 2.33. The summed E-state index contributed by atoms with van der Waals surface area (Å²) in [5.74, 6) is 0.137. The van der Waals surface area contributed by atoms with Crippen molar-refractivity contribution in [1.29, 1.82) is 0 Å². The van der Waals surface area contributed by atoms with Gasteiger partial charge in [-0.2, -0.15) is 4.31 Å². The van der Waals surface area contributed by atoms with Crippen LogP contribution in [0.2, 0.25) is 0 Å². The molecule has 0 saturated carbocycles. The standard InChI is InChI=1S/C19H30N2O3S/c1-4-12-20(13-5-2)19(22)17-10-14-21(15-11-17)25(23,24)18-9-7-6-8-16(18)3/h6-9,17H,4-5,10-15H2,1-3H3. The van der Waals surface area contributed by atoms with Gasteiger partial charge >= 0.3 is 0 Å². The van der Waals surface area contributed by atoms with Crippen LogP contribution < -0.4 is 0 Å². The second-order valence-electron chi connectivity index (χ2n) is 6.77. The molecule has 0 radical (unpaired) electrons. The molecule has 1 saturated heterocycles. The summed E-state index contributed by atoms with van der Waals surface area (Å²) in [6.45, 7) is 8.37. The number of rotatable bonds is 7. The lowest BCUT2D eigenvalue weighted by Gasteiger charge is -2.33. The van der Waals surface area contributed by atoms with Gasteiger partial charge in [-0.25, -0.2) is 8.42 Å². The van der Waals surface area contributed by atoms with Gasteiger partial charge in [0.05, 0.1) is 4.90 Å². The predicted octanol–water partition coefficient (Wildman–Crippen LogP) is 3.04. The van der Waals surface area contributed by atoms with Crippen LogP contribution in [0.1, 0.15) is 45.1 Å².